The molecule has 7 heteroatoms. The maximum absolute atomic E-state index is 12.0. The van der Waals surface area contributed by atoms with Crippen LogP contribution in [0.4, 0.5) is 5.69 Å². The van der Waals surface area contributed by atoms with Crippen molar-refractivity contribution in [1.82, 2.24) is 20.0 Å². The van der Waals surface area contributed by atoms with Crippen LogP contribution in [0.25, 0.3) is 0 Å². The van der Waals surface area contributed by atoms with E-state index in [4.69, 9.17) is 0 Å². The summed E-state index contributed by atoms with van der Waals surface area (Å²) in [5.41, 5.74) is 1.59. The Morgan fingerprint density at radius 2 is 2.32 bits per heavy atom. The van der Waals surface area contributed by atoms with Gasteiger partial charge in [0.05, 0.1) is 24.1 Å². The van der Waals surface area contributed by atoms with Crippen molar-refractivity contribution < 1.29 is 0 Å². The molecule has 0 spiro atoms. The summed E-state index contributed by atoms with van der Waals surface area (Å²) in [5.74, 6) is 0. The van der Waals surface area contributed by atoms with Crippen LogP contribution in [0.1, 0.15) is 31.9 Å². The lowest BCUT2D eigenvalue weighted by atomic mass is 10.2. The number of anilines is 1. The number of hydrogen-bond donors (Lipinski definition) is 2. The summed E-state index contributed by atoms with van der Waals surface area (Å²) in [6.07, 6.45) is 6.10. The Morgan fingerprint density at radius 1 is 1.53 bits per heavy atom. The molecular weight excluding hydrogens is 310 g/mol. The van der Waals surface area contributed by atoms with Gasteiger partial charge in [0.25, 0.3) is 5.56 Å². The number of nitrogens with zero attached hydrogens (tertiary/aromatic N) is 3. The second kappa shape index (κ2) is 6.01. The summed E-state index contributed by atoms with van der Waals surface area (Å²) in [5, 5.41) is 14.1. The molecule has 0 saturated heterocycles. The molecule has 1 atom stereocenters. The molecule has 2 heterocycles. The van der Waals surface area contributed by atoms with E-state index in [1.54, 1.807) is 12.4 Å². The minimum absolute atomic E-state index is 0.0401. The van der Waals surface area contributed by atoms with Crippen LogP contribution in [0.3, 0.4) is 0 Å². The van der Waals surface area contributed by atoms with Gasteiger partial charge in [-0.1, -0.05) is 6.92 Å². The Kier molecular flexibility index (Phi) is 4.36. The molecule has 0 saturated carbocycles. The fourth-order valence-electron chi connectivity index (χ4n) is 1.75. The standard InChI is InChI=1S/C12H16BrN5O/c1-3-4-18-12(19)11(13)10(7-16-18)17-8(2)9-5-14-15-6-9/h5-8,17H,3-4H2,1-2H3,(H,14,15). The minimum Gasteiger partial charge on any atom is -0.376 e. The average Bonchev–Trinajstić information content (AvgIpc) is 2.92. The predicted molar refractivity (Wildman–Crippen MR) is 77.1 cm³/mol. The zero-order chi connectivity index (χ0) is 13.8. The molecule has 0 aromatic carbocycles. The van der Waals surface area contributed by atoms with E-state index in [2.05, 4.69) is 36.5 Å². The number of H-pyrrole nitrogens is 1. The molecule has 0 amide bonds. The molecule has 0 aliphatic carbocycles. The van der Waals surface area contributed by atoms with Crippen LogP contribution in [0, 0.1) is 0 Å². The van der Waals surface area contributed by atoms with Gasteiger partial charge in [0.15, 0.2) is 0 Å². The van der Waals surface area contributed by atoms with Crippen LogP contribution >= 0.6 is 15.9 Å². The van der Waals surface area contributed by atoms with E-state index >= 15 is 0 Å². The highest BCUT2D eigenvalue weighted by Gasteiger charge is 2.12. The summed E-state index contributed by atoms with van der Waals surface area (Å²) < 4.78 is 1.96. The van der Waals surface area contributed by atoms with Crippen molar-refractivity contribution in [3.63, 3.8) is 0 Å². The molecule has 0 aliphatic rings. The highest BCUT2D eigenvalue weighted by atomic mass is 79.9. The van der Waals surface area contributed by atoms with Crippen molar-refractivity contribution in [3.8, 4) is 0 Å². The minimum atomic E-state index is -0.119. The van der Waals surface area contributed by atoms with E-state index in [1.807, 2.05) is 20.0 Å². The highest BCUT2D eigenvalue weighted by molar-refractivity contribution is 9.10. The Bertz CT molecular complexity index is 593. The van der Waals surface area contributed by atoms with Crippen LogP contribution in [0.2, 0.25) is 0 Å². The van der Waals surface area contributed by atoms with Crippen LogP contribution in [0.15, 0.2) is 27.9 Å². The zero-order valence-corrected chi connectivity index (χ0v) is 12.4. The molecule has 0 aliphatic heterocycles. The van der Waals surface area contributed by atoms with Gasteiger partial charge < -0.3 is 5.32 Å². The molecule has 2 aromatic rings. The second-order valence-electron chi connectivity index (χ2n) is 4.30. The normalized spacial score (nSPS) is 12.4. The van der Waals surface area contributed by atoms with Gasteiger partial charge in [-0.15, -0.1) is 0 Å². The molecule has 0 radical (unpaired) electrons. The monoisotopic (exact) mass is 325 g/mol. The second-order valence-corrected chi connectivity index (χ2v) is 5.09. The summed E-state index contributed by atoms with van der Waals surface area (Å²) in [6.45, 7) is 4.62. The third kappa shape index (κ3) is 3.04. The highest BCUT2D eigenvalue weighted by Crippen LogP contribution is 2.22. The van der Waals surface area contributed by atoms with Crippen molar-refractivity contribution in [3.05, 3.63) is 39.0 Å². The number of rotatable bonds is 5. The first kappa shape index (κ1) is 13.8. The molecule has 1 unspecified atom stereocenters. The number of nitrogens with one attached hydrogen (secondary N) is 2. The van der Waals surface area contributed by atoms with E-state index in [9.17, 15) is 4.79 Å². The van der Waals surface area contributed by atoms with Gasteiger partial charge in [0, 0.05) is 18.3 Å². The number of aryl methyl sites for hydroxylation is 1. The van der Waals surface area contributed by atoms with Crippen molar-refractivity contribution in [2.24, 2.45) is 0 Å². The summed E-state index contributed by atoms with van der Waals surface area (Å²) in [6, 6.07) is 0.0401. The van der Waals surface area contributed by atoms with Crippen LogP contribution in [0.5, 0.6) is 0 Å². The first-order chi connectivity index (χ1) is 9.13. The van der Waals surface area contributed by atoms with Gasteiger partial charge in [-0.25, -0.2) is 4.68 Å². The average molecular weight is 326 g/mol. The molecule has 2 rings (SSSR count). The molecule has 2 N–H and O–H groups in total. The third-order valence-electron chi connectivity index (χ3n) is 2.81. The number of hydrogen-bond acceptors (Lipinski definition) is 4. The Morgan fingerprint density at radius 3 is 2.95 bits per heavy atom. The van der Waals surface area contributed by atoms with Gasteiger partial charge in [-0.2, -0.15) is 10.2 Å². The van der Waals surface area contributed by atoms with Crippen molar-refractivity contribution in [2.45, 2.75) is 32.9 Å². The van der Waals surface area contributed by atoms with E-state index in [0.29, 0.717) is 16.7 Å². The quantitative estimate of drug-likeness (QED) is 0.884. The zero-order valence-electron chi connectivity index (χ0n) is 10.9. The van der Waals surface area contributed by atoms with E-state index in [0.717, 1.165) is 12.0 Å². The van der Waals surface area contributed by atoms with E-state index in [-0.39, 0.29) is 11.6 Å². The lowest BCUT2D eigenvalue weighted by Gasteiger charge is -2.15. The summed E-state index contributed by atoms with van der Waals surface area (Å²) in [7, 11) is 0. The summed E-state index contributed by atoms with van der Waals surface area (Å²) in [4.78, 5) is 12.0. The molecule has 0 fully saturated rings. The first-order valence-corrected chi connectivity index (χ1v) is 6.93. The number of halogens is 1. The number of aromatic nitrogens is 4. The molecular formula is C12H16BrN5O. The molecule has 0 bridgehead atoms. The van der Waals surface area contributed by atoms with E-state index < -0.39 is 0 Å². The third-order valence-corrected chi connectivity index (χ3v) is 3.58. The lowest BCUT2D eigenvalue weighted by molar-refractivity contribution is 0.565. The summed E-state index contributed by atoms with van der Waals surface area (Å²) >= 11 is 3.33. The van der Waals surface area contributed by atoms with Gasteiger partial charge in [0.1, 0.15) is 4.47 Å². The molecule has 102 valence electrons. The smallest absolute Gasteiger partial charge is 0.283 e. The fraction of sp³-hybridized carbons (Fsp3) is 0.417. The fourth-order valence-corrected chi connectivity index (χ4v) is 2.17. The Hall–Kier alpha value is -1.63. The van der Waals surface area contributed by atoms with Gasteiger partial charge in [0.2, 0.25) is 0 Å². The van der Waals surface area contributed by atoms with Crippen LogP contribution in [-0.2, 0) is 6.54 Å². The molecule has 6 nitrogen and oxygen atoms in total. The number of aromatic amines is 1. The van der Waals surface area contributed by atoms with Crippen LogP contribution in [-0.4, -0.2) is 20.0 Å². The van der Waals surface area contributed by atoms with Crippen molar-refractivity contribution in [1.29, 1.82) is 0 Å². The van der Waals surface area contributed by atoms with Crippen molar-refractivity contribution >= 4 is 21.6 Å². The van der Waals surface area contributed by atoms with Crippen LogP contribution < -0.4 is 10.9 Å². The largest absolute Gasteiger partial charge is 0.376 e. The van der Waals surface area contributed by atoms with Gasteiger partial charge in [-0.05, 0) is 29.3 Å². The Labute approximate surface area is 119 Å². The maximum atomic E-state index is 12.0. The molecule has 19 heavy (non-hydrogen) atoms. The Balaban J connectivity index is 2.22. The van der Waals surface area contributed by atoms with E-state index in [1.165, 1.54) is 4.68 Å². The van der Waals surface area contributed by atoms with Crippen molar-refractivity contribution in [2.75, 3.05) is 5.32 Å². The predicted octanol–water partition coefficient (Wildman–Crippen LogP) is 2.31. The topological polar surface area (TPSA) is 75.6 Å². The van der Waals surface area contributed by atoms with Gasteiger partial charge in [-0.3, -0.25) is 9.89 Å². The molecule has 2 aromatic heterocycles. The maximum Gasteiger partial charge on any atom is 0.283 e. The lowest BCUT2D eigenvalue weighted by Crippen LogP contribution is -2.24. The SMILES string of the molecule is CCCn1ncc(NC(C)c2cn[nH]c2)c(Br)c1=O. The first-order valence-electron chi connectivity index (χ1n) is 6.14. The van der Waals surface area contributed by atoms with Gasteiger partial charge >= 0.3 is 0 Å².